The van der Waals surface area contributed by atoms with Gasteiger partial charge in [-0.05, 0) is 38.8 Å². The van der Waals surface area contributed by atoms with Crippen LogP contribution in [0.2, 0.25) is 0 Å². The number of likely N-dealkylation sites (tertiary alicyclic amines) is 1. The number of carboxylic acid groups (broad SMARTS) is 1. The van der Waals surface area contributed by atoms with Gasteiger partial charge in [0.2, 0.25) is 5.88 Å². The normalized spacial score (nSPS) is 15.7. The van der Waals surface area contributed by atoms with E-state index in [-0.39, 0.29) is 18.1 Å². The zero-order valence-electron chi connectivity index (χ0n) is 12.8. The SMILES string of the molecule is CC(C)Oc1ncccc1NC(=O)N1CCC(C(=O)O)CC1. The summed E-state index contributed by atoms with van der Waals surface area (Å²) in [6.45, 7) is 4.64. The molecule has 0 radical (unpaired) electrons. The first-order valence-electron chi connectivity index (χ1n) is 7.37. The van der Waals surface area contributed by atoms with Crippen LogP contribution in [0.25, 0.3) is 0 Å². The number of urea groups is 1. The number of rotatable bonds is 4. The number of hydrogen-bond donors (Lipinski definition) is 2. The van der Waals surface area contributed by atoms with Crippen molar-refractivity contribution < 1.29 is 19.4 Å². The molecule has 0 unspecified atom stereocenters. The Morgan fingerprint density at radius 2 is 2.09 bits per heavy atom. The van der Waals surface area contributed by atoms with Gasteiger partial charge in [0, 0.05) is 19.3 Å². The van der Waals surface area contributed by atoms with Gasteiger partial charge >= 0.3 is 12.0 Å². The highest BCUT2D eigenvalue weighted by Crippen LogP contribution is 2.23. The average molecular weight is 307 g/mol. The Balaban J connectivity index is 1.97. The van der Waals surface area contributed by atoms with Crippen LogP contribution >= 0.6 is 0 Å². The van der Waals surface area contributed by atoms with Crippen LogP contribution in [-0.2, 0) is 4.79 Å². The number of carbonyl (C=O) groups is 2. The lowest BCUT2D eigenvalue weighted by Crippen LogP contribution is -2.42. The number of piperidine rings is 1. The highest BCUT2D eigenvalue weighted by molar-refractivity contribution is 5.90. The number of pyridine rings is 1. The minimum atomic E-state index is -0.792. The van der Waals surface area contributed by atoms with E-state index in [0.29, 0.717) is 37.5 Å². The second-order valence-corrected chi connectivity index (χ2v) is 5.55. The monoisotopic (exact) mass is 307 g/mol. The molecule has 0 bridgehead atoms. The summed E-state index contributed by atoms with van der Waals surface area (Å²) >= 11 is 0. The molecule has 2 rings (SSSR count). The van der Waals surface area contributed by atoms with Gasteiger partial charge < -0.3 is 20.1 Å². The van der Waals surface area contributed by atoms with Crippen molar-refractivity contribution >= 4 is 17.7 Å². The first-order chi connectivity index (χ1) is 10.5. The first-order valence-corrected chi connectivity index (χ1v) is 7.37. The van der Waals surface area contributed by atoms with Gasteiger partial charge in [-0.15, -0.1) is 0 Å². The Kier molecular flexibility index (Phi) is 5.19. The molecular weight excluding hydrogens is 286 g/mol. The van der Waals surface area contributed by atoms with E-state index in [0.717, 1.165) is 0 Å². The summed E-state index contributed by atoms with van der Waals surface area (Å²) in [4.78, 5) is 28.9. The van der Waals surface area contributed by atoms with Gasteiger partial charge in [-0.3, -0.25) is 4.79 Å². The van der Waals surface area contributed by atoms with Gasteiger partial charge in [0.1, 0.15) is 5.69 Å². The van der Waals surface area contributed by atoms with Gasteiger partial charge in [-0.2, -0.15) is 0 Å². The highest BCUT2D eigenvalue weighted by atomic mass is 16.5. The summed E-state index contributed by atoms with van der Waals surface area (Å²) in [6.07, 6.45) is 2.51. The third-order valence-corrected chi connectivity index (χ3v) is 3.49. The van der Waals surface area contributed by atoms with Crippen molar-refractivity contribution in [3.63, 3.8) is 0 Å². The molecule has 2 N–H and O–H groups in total. The predicted octanol–water partition coefficient (Wildman–Crippen LogP) is 2.20. The molecule has 0 aromatic carbocycles. The maximum absolute atomic E-state index is 12.3. The van der Waals surface area contributed by atoms with E-state index in [1.165, 1.54) is 0 Å². The van der Waals surface area contributed by atoms with Crippen LogP contribution in [-0.4, -0.2) is 46.2 Å². The van der Waals surface area contributed by atoms with Crippen molar-refractivity contribution in [2.24, 2.45) is 5.92 Å². The van der Waals surface area contributed by atoms with Crippen LogP contribution in [0.4, 0.5) is 10.5 Å². The van der Waals surface area contributed by atoms with Gasteiger partial charge in [0.05, 0.1) is 12.0 Å². The van der Waals surface area contributed by atoms with Crippen molar-refractivity contribution in [1.29, 1.82) is 0 Å². The fourth-order valence-electron chi connectivity index (χ4n) is 2.33. The number of aromatic nitrogens is 1. The fraction of sp³-hybridized carbons (Fsp3) is 0.533. The van der Waals surface area contributed by atoms with Crippen LogP contribution in [0, 0.1) is 5.92 Å². The van der Waals surface area contributed by atoms with Gasteiger partial charge in [-0.1, -0.05) is 0 Å². The first kappa shape index (κ1) is 16.1. The number of aliphatic carboxylic acids is 1. The lowest BCUT2D eigenvalue weighted by molar-refractivity contribution is -0.143. The molecule has 2 heterocycles. The summed E-state index contributed by atoms with van der Waals surface area (Å²) in [5.41, 5.74) is 0.515. The zero-order valence-corrected chi connectivity index (χ0v) is 12.8. The maximum atomic E-state index is 12.3. The van der Waals surface area contributed by atoms with Crippen LogP contribution in [0.5, 0.6) is 5.88 Å². The summed E-state index contributed by atoms with van der Waals surface area (Å²) in [5, 5.41) is 11.8. The Morgan fingerprint density at radius 3 is 2.68 bits per heavy atom. The smallest absolute Gasteiger partial charge is 0.321 e. The van der Waals surface area contributed by atoms with E-state index in [2.05, 4.69) is 10.3 Å². The lowest BCUT2D eigenvalue weighted by atomic mass is 9.97. The molecule has 0 saturated carbocycles. The number of hydrogen-bond acceptors (Lipinski definition) is 4. The van der Waals surface area contributed by atoms with Gasteiger partial charge in [-0.25, -0.2) is 9.78 Å². The maximum Gasteiger partial charge on any atom is 0.321 e. The quantitative estimate of drug-likeness (QED) is 0.889. The molecule has 7 nitrogen and oxygen atoms in total. The third kappa shape index (κ3) is 4.09. The largest absolute Gasteiger partial charge is 0.481 e. The van der Waals surface area contributed by atoms with E-state index in [4.69, 9.17) is 9.84 Å². The molecule has 120 valence electrons. The molecule has 7 heteroatoms. The molecular formula is C15H21N3O4. The highest BCUT2D eigenvalue weighted by Gasteiger charge is 2.27. The Labute approximate surface area is 129 Å². The molecule has 0 atom stereocenters. The van der Waals surface area contributed by atoms with E-state index < -0.39 is 5.97 Å². The zero-order chi connectivity index (χ0) is 16.1. The van der Waals surface area contributed by atoms with Gasteiger partial charge in [0.25, 0.3) is 0 Å². The standard InChI is InChI=1S/C15H21N3O4/c1-10(2)22-13-12(4-3-7-16-13)17-15(21)18-8-5-11(6-9-18)14(19)20/h3-4,7,10-11H,5-6,8-9H2,1-2H3,(H,17,21)(H,19,20). The second-order valence-electron chi connectivity index (χ2n) is 5.55. The molecule has 22 heavy (non-hydrogen) atoms. The minimum absolute atomic E-state index is 0.0446. The van der Waals surface area contributed by atoms with Gasteiger partial charge in [0.15, 0.2) is 0 Å². The fourth-order valence-corrected chi connectivity index (χ4v) is 2.33. The van der Waals surface area contributed by atoms with E-state index in [9.17, 15) is 9.59 Å². The van der Waals surface area contributed by atoms with Crippen LogP contribution < -0.4 is 10.1 Å². The van der Waals surface area contributed by atoms with E-state index in [1.54, 1.807) is 23.2 Å². The second kappa shape index (κ2) is 7.11. The van der Waals surface area contributed by atoms with Crippen molar-refractivity contribution in [2.75, 3.05) is 18.4 Å². The van der Waals surface area contributed by atoms with E-state index >= 15 is 0 Å². The van der Waals surface area contributed by atoms with Crippen molar-refractivity contribution in [3.8, 4) is 5.88 Å². The minimum Gasteiger partial charge on any atom is -0.481 e. The van der Waals surface area contributed by atoms with Crippen molar-refractivity contribution in [2.45, 2.75) is 32.8 Å². The number of ether oxygens (including phenoxy) is 1. The van der Waals surface area contributed by atoms with E-state index in [1.807, 2.05) is 13.8 Å². The molecule has 0 spiro atoms. The molecule has 2 amide bonds. The Hall–Kier alpha value is -2.31. The predicted molar refractivity (Wildman–Crippen MR) is 81.0 cm³/mol. The number of carboxylic acids is 1. The van der Waals surface area contributed by atoms with Crippen molar-refractivity contribution in [1.82, 2.24) is 9.88 Å². The average Bonchev–Trinajstić information content (AvgIpc) is 2.48. The Bertz CT molecular complexity index is 539. The molecule has 0 aliphatic carbocycles. The lowest BCUT2D eigenvalue weighted by Gasteiger charge is -2.30. The van der Waals surface area contributed by atoms with Crippen molar-refractivity contribution in [3.05, 3.63) is 18.3 Å². The summed E-state index contributed by atoms with van der Waals surface area (Å²) in [7, 11) is 0. The molecule has 1 fully saturated rings. The van der Waals surface area contributed by atoms with Crippen LogP contribution in [0.1, 0.15) is 26.7 Å². The summed E-state index contributed by atoms with van der Waals surface area (Å²) < 4.78 is 5.56. The number of amides is 2. The van der Waals surface area contributed by atoms with Crippen LogP contribution in [0.15, 0.2) is 18.3 Å². The number of nitrogens with zero attached hydrogens (tertiary/aromatic N) is 2. The number of anilines is 1. The topological polar surface area (TPSA) is 91.8 Å². The number of carbonyl (C=O) groups excluding carboxylic acids is 1. The molecule has 1 aromatic heterocycles. The molecule has 1 aromatic rings. The van der Waals surface area contributed by atoms with Crippen LogP contribution in [0.3, 0.4) is 0 Å². The molecule has 1 aliphatic heterocycles. The number of nitrogens with one attached hydrogen (secondary N) is 1. The Morgan fingerprint density at radius 1 is 1.41 bits per heavy atom. The molecule has 1 aliphatic rings. The summed E-state index contributed by atoms with van der Waals surface area (Å²) in [5.74, 6) is -0.770. The summed E-state index contributed by atoms with van der Waals surface area (Å²) in [6, 6.07) is 3.19. The molecule has 1 saturated heterocycles. The third-order valence-electron chi connectivity index (χ3n) is 3.49.